The van der Waals surface area contributed by atoms with Crippen LogP contribution in [-0.4, -0.2) is 11.5 Å². The number of aryl methyl sites for hydroxylation is 1. The summed E-state index contributed by atoms with van der Waals surface area (Å²) in [6.07, 6.45) is 3.64. The Bertz CT molecular complexity index is 844. The average molecular weight is 420 g/mol. The van der Waals surface area contributed by atoms with E-state index in [0.29, 0.717) is 12.0 Å². The Labute approximate surface area is 163 Å². The highest BCUT2D eigenvalue weighted by molar-refractivity contribution is 9.10. The third-order valence-electron chi connectivity index (χ3n) is 5.21. The third kappa shape index (κ3) is 3.79. The molecule has 3 aromatic rings. The highest BCUT2D eigenvalue weighted by Gasteiger charge is 2.24. The van der Waals surface area contributed by atoms with E-state index in [-0.39, 0.29) is 12.4 Å². The van der Waals surface area contributed by atoms with Gasteiger partial charge in [0.15, 0.2) is 0 Å². The summed E-state index contributed by atoms with van der Waals surface area (Å²) in [5, 5.41) is 5.19. The van der Waals surface area contributed by atoms with Crippen LogP contribution in [0.1, 0.15) is 48.5 Å². The molecule has 0 radical (unpaired) electrons. The van der Waals surface area contributed by atoms with Crippen molar-refractivity contribution in [2.24, 2.45) is 0 Å². The summed E-state index contributed by atoms with van der Waals surface area (Å²) in [6, 6.07) is 17.8. The number of hydrogen-bond donors (Lipinski definition) is 2. The first-order chi connectivity index (χ1) is 11.7. The van der Waals surface area contributed by atoms with Crippen molar-refractivity contribution >= 4 is 39.2 Å². The van der Waals surface area contributed by atoms with Crippen LogP contribution in [0, 0.1) is 0 Å². The number of nitrogens with one attached hydrogen (secondary N) is 2. The van der Waals surface area contributed by atoms with Gasteiger partial charge in [-0.25, -0.2) is 0 Å². The minimum absolute atomic E-state index is 0. The van der Waals surface area contributed by atoms with Crippen LogP contribution in [0.2, 0.25) is 0 Å². The van der Waals surface area contributed by atoms with Gasteiger partial charge in [-0.2, -0.15) is 0 Å². The number of halogens is 2. The van der Waals surface area contributed by atoms with Crippen molar-refractivity contribution in [3.8, 4) is 0 Å². The highest BCUT2D eigenvalue weighted by atomic mass is 79.9. The molecule has 1 unspecified atom stereocenters. The van der Waals surface area contributed by atoms with E-state index in [4.69, 9.17) is 0 Å². The van der Waals surface area contributed by atoms with Crippen LogP contribution >= 0.6 is 28.3 Å². The van der Waals surface area contributed by atoms with Crippen molar-refractivity contribution < 1.29 is 0 Å². The molecule has 1 heterocycles. The lowest BCUT2D eigenvalue weighted by atomic mass is 9.91. The Morgan fingerprint density at radius 3 is 2.80 bits per heavy atom. The van der Waals surface area contributed by atoms with Crippen molar-refractivity contribution in [1.29, 1.82) is 0 Å². The van der Waals surface area contributed by atoms with E-state index >= 15 is 0 Å². The lowest BCUT2D eigenvalue weighted by Crippen LogP contribution is -2.28. The molecule has 2 nitrogen and oxygen atoms in total. The summed E-state index contributed by atoms with van der Waals surface area (Å²) in [5.74, 6) is 0.523. The predicted octanol–water partition coefficient (Wildman–Crippen LogP) is 6.12. The zero-order valence-electron chi connectivity index (χ0n) is 14.4. The molecule has 2 atom stereocenters. The number of fused-ring (bicyclic) bond motifs is 3. The van der Waals surface area contributed by atoms with Gasteiger partial charge in [0.2, 0.25) is 0 Å². The van der Waals surface area contributed by atoms with Gasteiger partial charge in [-0.05, 0) is 54.5 Å². The van der Waals surface area contributed by atoms with E-state index in [1.165, 1.54) is 47.0 Å². The molecule has 0 spiro atoms. The molecule has 0 bridgehead atoms. The van der Waals surface area contributed by atoms with E-state index in [1.54, 1.807) is 0 Å². The van der Waals surface area contributed by atoms with Gasteiger partial charge in [-0.3, -0.25) is 0 Å². The van der Waals surface area contributed by atoms with Gasteiger partial charge in [0.1, 0.15) is 0 Å². The smallest absolute Gasteiger partial charge is 0.0476 e. The van der Waals surface area contributed by atoms with Crippen LogP contribution in [0.4, 0.5) is 0 Å². The molecule has 1 aromatic heterocycles. The summed E-state index contributed by atoms with van der Waals surface area (Å²) < 4.78 is 1.16. The van der Waals surface area contributed by atoms with E-state index in [0.717, 1.165) is 11.0 Å². The summed E-state index contributed by atoms with van der Waals surface area (Å²) in [5.41, 5.74) is 5.56. The number of aromatic nitrogens is 1. The fraction of sp³-hybridized carbons (Fsp3) is 0.333. The SMILES string of the molecule is C[C@@H](CNC1CCCc2c1[nH]c1ccc(Br)cc21)c1ccccc1.Cl. The van der Waals surface area contributed by atoms with Crippen molar-refractivity contribution in [3.63, 3.8) is 0 Å². The Balaban J connectivity index is 0.00000182. The lowest BCUT2D eigenvalue weighted by Gasteiger charge is -2.25. The molecule has 25 heavy (non-hydrogen) atoms. The average Bonchev–Trinajstić information content (AvgIpc) is 2.99. The number of rotatable bonds is 4. The molecule has 4 heteroatoms. The summed E-state index contributed by atoms with van der Waals surface area (Å²) in [4.78, 5) is 3.67. The van der Waals surface area contributed by atoms with Crippen LogP contribution in [0.15, 0.2) is 53.0 Å². The Kier molecular flexibility index (Phi) is 5.88. The van der Waals surface area contributed by atoms with Crippen LogP contribution in [0.25, 0.3) is 10.9 Å². The minimum atomic E-state index is 0. The molecular formula is C21H24BrClN2. The normalized spacial score (nSPS) is 17.8. The van der Waals surface area contributed by atoms with Gasteiger partial charge in [0.05, 0.1) is 0 Å². The van der Waals surface area contributed by atoms with Crippen molar-refractivity contribution in [1.82, 2.24) is 10.3 Å². The van der Waals surface area contributed by atoms with Crippen molar-refractivity contribution in [2.45, 2.75) is 38.1 Å². The van der Waals surface area contributed by atoms with Crippen LogP contribution < -0.4 is 5.32 Å². The number of aromatic amines is 1. The topological polar surface area (TPSA) is 27.8 Å². The molecule has 4 rings (SSSR count). The van der Waals surface area contributed by atoms with Gasteiger partial charge in [-0.1, -0.05) is 53.2 Å². The zero-order chi connectivity index (χ0) is 16.5. The number of benzene rings is 2. The maximum absolute atomic E-state index is 3.81. The van der Waals surface area contributed by atoms with Crippen LogP contribution in [0.3, 0.4) is 0 Å². The second kappa shape index (κ2) is 7.94. The summed E-state index contributed by atoms with van der Waals surface area (Å²) in [7, 11) is 0. The Morgan fingerprint density at radius 2 is 2.00 bits per heavy atom. The van der Waals surface area contributed by atoms with E-state index < -0.39 is 0 Å². The molecule has 2 aromatic carbocycles. The third-order valence-corrected chi connectivity index (χ3v) is 5.70. The van der Waals surface area contributed by atoms with Crippen molar-refractivity contribution in [2.75, 3.05) is 6.54 Å². The Hall–Kier alpha value is -1.29. The largest absolute Gasteiger partial charge is 0.357 e. The molecule has 2 N–H and O–H groups in total. The highest BCUT2D eigenvalue weighted by Crippen LogP contribution is 2.36. The Morgan fingerprint density at radius 1 is 1.20 bits per heavy atom. The first kappa shape index (κ1) is 18.5. The van der Waals surface area contributed by atoms with Crippen LogP contribution in [-0.2, 0) is 6.42 Å². The van der Waals surface area contributed by atoms with Gasteiger partial charge in [0.25, 0.3) is 0 Å². The van der Waals surface area contributed by atoms with E-state index in [9.17, 15) is 0 Å². The van der Waals surface area contributed by atoms with Gasteiger partial charge < -0.3 is 10.3 Å². The standard InChI is InChI=1S/C21H23BrN2.ClH/c1-14(15-6-3-2-4-7-15)13-23-20-9-5-8-17-18-12-16(22)10-11-19(18)24-21(17)20;/h2-4,6-7,10-12,14,20,23-24H,5,8-9,13H2,1H3;1H/t14-,20?;/m0./s1. The first-order valence-electron chi connectivity index (χ1n) is 8.80. The first-order valence-corrected chi connectivity index (χ1v) is 9.60. The number of H-pyrrole nitrogens is 1. The number of hydrogen-bond acceptors (Lipinski definition) is 1. The lowest BCUT2D eigenvalue weighted by molar-refractivity contribution is 0.440. The molecule has 0 saturated carbocycles. The van der Waals surface area contributed by atoms with Gasteiger partial charge in [-0.15, -0.1) is 12.4 Å². The maximum atomic E-state index is 3.81. The fourth-order valence-corrected chi connectivity index (χ4v) is 4.22. The van der Waals surface area contributed by atoms with Gasteiger partial charge >= 0.3 is 0 Å². The molecular weight excluding hydrogens is 396 g/mol. The molecule has 132 valence electrons. The molecule has 0 aliphatic heterocycles. The van der Waals surface area contributed by atoms with E-state index in [2.05, 4.69) is 81.7 Å². The molecule has 0 fully saturated rings. The minimum Gasteiger partial charge on any atom is -0.357 e. The van der Waals surface area contributed by atoms with Crippen molar-refractivity contribution in [3.05, 3.63) is 69.8 Å². The predicted molar refractivity (Wildman–Crippen MR) is 112 cm³/mol. The quantitative estimate of drug-likeness (QED) is 0.523. The second-order valence-corrected chi connectivity index (χ2v) is 7.79. The second-order valence-electron chi connectivity index (χ2n) is 6.87. The molecule has 1 aliphatic carbocycles. The monoisotopic (exact) mass is 418 g/mol. The van der Waals surface area contributed by atoms with Gasteiger partial charge in [0, 0.05) is 33.7 Å². The zero-order valence-corrected chi connectivity index (χ0v) is 16.8. The molecule has 1 aliphatic rings. The fourth-order valence-electron chi connectivity index (χ4n) is 3.86. The summed E-state index contributed by atoms with van der Waals surface area (Å²) >= 11 is 3.61. The maximum Gasteiger partial charge on any atom is 0.0476 e. The van der Waals surface area contributed by atoms with Crippen LogP contribution in [0.5, 0.6) is 0 Å². The van der Waals surface area contributed by atoms with E-state index in [1.807, 2.05) is 0 Å². The molecule has 0 amide bonds. The summed E-state index contributed by atoms with van der Waals surface area (Å²) in [6.45, 7) is 3.31. The molecule has 0 saturated heterocycles.